The summed E-state index contributed by atoms with van der Waals surface area (Å²) >= 11 is 2.06. The maximum atomic E-state index is 13.6. The van der Waals surface area contributed by atoms with E-state index in [-0.39, 0.29) is 5.82 Å². The van der Waals surface area contributed by atoms with E-state index in [0.717, 1.165) is 8.96 Å². The van der Waals surface area contributed by atoms with Crippen LogP contribution in [0.3, 0.4) is 0 Å². The smallest absolute Gasteiger partial charge is 0.355 e. The van der Waals surface area contributed by atoms with E-state index >= 15 is 0 Å². The van der Waals surface area contributed by atoms with Crippen LogP contribution in [0, 0.1) is 9.39 Å². The van der Waals surface area contributed by atoms with Crippen molar-refractivity contribution in [1.82, 2.24) is 4.98 Å². The second kappa shape index (κ2) is 4.64. The average molecular weight is 347 g/mol. The molecule has 0 fully saturated rings. The first kappa shape index (κ1) is 12.3. The van der Waals surface area contributed by atoms with E-state index < -0.39 is 5.97 Å². The molecule has 1 N–H and O–H groups in total. The molecule has 0 atom stereocenters. The lowest BCUT2D eigenvalue weighted by Gasteiger charge is -1.99. The van der Waals surface area contributed by atoms with E-state index in [4.69, 9.17) is 0 Å². The lowest BCUT2D eigenvalue weighted by atomic mass is 10.1. The first-order valence-corrected chi connectivity index (χ1v) is 6.24. The number of aromatic amines is 1. The summed E-state index contributed by atoms with van der Waals surface area (Å²) in [6, 6.07) is 3.19. The molecule has 0 unspecified atom stereocenters. The average Bonchev–Trinajstić information content (AvgIpc) is 2.64. The molecule has 1 aromatic heterocycles. The van der Waals surface area contributed by atoms with Gasteiger partial charge >= 0.3 is 5.97 Å². The number of carbonyl (C=O) groups excluding carboxylic acids is 1. The Labute approximate surface area is 111 Å². The Morgan fingerprint density at radius 3 is 2.82 bits per heavy atom. The number of hydrogen-bond acceptors (Lipinski definition) is 2. The van der Waals surface area contributed by atoms with Gasteiger partial charge in [0.05, 0.1) is 16.2 Å². The van der Waals surface area contributed by atoms with E-state index in [9.17, 15) is 9.18 Å². The largest absolute Gasteiger partial charge is 0.464 e. The Morgan fingerprint density at radius 2 is 2.24 bits per heavy atom. The van der Waals surface area contributed by atoms with Gasteiger partial charge in [0.25, 0.3) is 0 Å². The maximum absolute atomic E-state index is 13.6. The molecule has 2 rings (SSSR count). The van der Waals surface area contributed by atoms with E-state index in [2.05, 4.69) is 32.3 Å². The molecule has 0 aliphatic heterocycles. The third-order valence-electron chi connectivity index (χ3n) is 2.67. The van der Waals surface area contributed by atoms with Gasteiger partial charge in [0.1, 0.15) is 11.5 Å². The number of esters is 1. The molecule has 90 valence electrons. The molecule has 0 radical (unpaired) electrons. The second-order valence-electron chi connectivity index (χ2n) is 3.65. The summed E-state index contributed by atoms with van der Waals surface area (Å²) in [5, 5.41) is 0.851. The van der Waals surface area contributed by atoms with Crippen molar-refractivity contribution in [2.45, 2.75) is 13.3 Å². The number of rotatable bonds is 2. The van der Waals surface area contributed by atoms with E-state index in [1.165, 1.54) is 13.2 Å². The van der Waals surface area contributed by atoms with Crippen molar-refractivity contribution in [2.75, 3.05) is 7.11 Å². The fourth-order valence-corrected chi connectivity index (χ4v) is 2.54. The topological polar surface area (TPSA) is 42.1 Å². The minimum atomic E-state index is -0.441. The van der Waals surface area contributed by atoms with Crippen LogP contribution in [0.1, 0.15) is 23.0 Å². The molecular formula is C12H11FINO2. The summed E-state index contributed by atoms with van der Waals surface area (Å²) in [4.78, 5) is 14.4. The number of fused-ring (bicyclic) bond motifs is 1. The van der Waals surface area contributed by atoms with E-state index in [0.29, 0.717) is 23.2 Å². The second-order valence-corrected chi connectivity index (χ2v) is 4.73. The van der Waals surface area contributed by atoms with Gasteiger partial charge in [-0.1, -0.05) is 6.92 Å². The molecule has 3 nitrogen and oxygen atoms in total. The van der Waals surface area contributed by atoms with Crippen LogP contribution in [-0.4, -0.2) is 18.1 Å². The van der Waals surface area contributed by atoms with Crippen molar-refractivity contribution in [3.8, 4) is 0 Å². The number of ether oxygens (including phenoxy) is 1. The molecular weight excluding hydrogens is 336 g/mol. The minimum absolute atomic E-state index is 0.255. The maximum Gasteiger partial charge on any atom is 0.355 e. The summed E-state index contributed by atoms with van der Waals surface area (Å²) in [7, 11) is 1.32. The number of carbonyl (C=O) groups is 1. The first-order valence-electron chi connectivity index (χ1n) is 5.16. The lowest BCUT2D eigenvalue weighted by molar-refractivity contribution is 0.0594. The van der Waals surface area contributed by atoms with Gasteiger partial charge in [-0.15, -0.1) is 0 Å². The summed E-state index contributed by atoms with van der Waals surface area (Å²) in [6.07, 6.45) is 0.622. The van der Waals surface area contributed by atoms with Crippen molar-refractivity contribution >= 4 is 39.5 Å². The molecule has 0 aliphatic rings. The highest BCUT2D eigenvalue weighted by Crippen LogP contribution is 2.27. The number of hydrogen-bond donors (Lipinski definition) is 1. The summed E-state index contributed by atoms with van der Waals surface area (Å²) in [6.45, 7) is 1.89. The van der Waals surface area contributed by atoms with Crippen molar-refractivity contribution in [3.05, 3.63) is 32.8 Å². The molecule has 0 amide bonds. The molecule has 1 heterocycles. The predicted octanol–water partition coefficient (Wildman–Crippen LogP) is 3.26. The molecule has 2 aromatic rings. The van der Waals surface area contributed by atoms with Gasteiger partial charge in [0.2, 0.25) is 0 Å². The lowest BCUT2D eigenvalue weighted by Crippen LogP contribution is -2.02. The number of H-pyrrole nitrogens is 1. The highest BCUT2D eigenvalue weighted by atomic mass is 127. The quantitative estimate of drug-likeness (QED) is 0.669. The normalized spacial score (nSPS) is 10.8. The van der Waals surface area contributed by atoms with E-state index in [1.54, 1.807) is 6.07 Å². The minimum Gasteiger partial charge on any atom is -0.464 e. The number of methoxy groups -OCH3 is 1. The highest BCUT2D eigenvalue weighted by molar-refractivity contribution is 14.1. The van der Waals surface area contributed by atoms with Crippen LogP contribution in [0.4, 0.5) is 4.39 Å². The van der Waals surface area contributed by atoms with Crippen LogP contribution >= 0.6 is 22.6 Å². The standard InChI is InChI=1S/C12H11FINO2/c1-3-6-4-7-9(5-8(6)13)15-11(10(7)14)12(16)17-2/h4-5,15H,3H2,1-2H3. The number of benzene rings is 1. The Bertz CT molecular complexity index is 592. The fourth-order valence-electron chi connectivity index (χ4n) is 1.74. The zero-order valence-electron chi connectivity index (χ0n) is 9.43. The van der Waals surface area contributed by atoms with Crippen molar-refractivity contribution in [2.24, 2.45) is 0 Å². The van der Waals surface area contributed by atoms with Crippen LogP contribution in [0.2, 0.25) is 0 Å². The molecule has 0 saturated carbocycles. The Kier molecular flexibility index (Phi) is 3.37. The van der Waals surface area contributed by atoms with Gasteiger partial charge in [-0.2, -0.15) is 0 Å². The van der Waals surface area contributed by atoms with Crippen molar-refractivity contribution in [1.29, 1.82) is 0 Å². The number of nitrogens with one attached hydrogen (secondary N) is 1. The van der Waals surface area contributed by atoms with Crippen molar-refractivity contribution < 1.29 is 13.9 Å². The van der Waals surface area contributed by atoms with E-state index in [1.807, 2.05) is 6.92 Å². The number of aryl methyl sites for hydroxylation is 1. The van der Waals surface area contributed by atoms with Crippen LogP contribution < -0.4 is 0 Å². The SMILES string of the molecule is CCc1cc2c(I)c(C(=O)OC)[nH]c2cc1F. The van der Waals surface area contributed by atoms with Crippen LogP contribution in [0.15, 0.2) is 12.1 Å². The Morgan fingerprint density at radius 1 is 1.53 bits per heavy atom. The van der Waals surface area contributed by atoms with Gasteiger partial charge in [0.15, 0.2) is 0 Å². The summed E-state index contributed by atoms with van der Waals surface area (Å²) in [5.74, 6) is -0.696. The Balaban J connectivity index is 2.70. The zero-order valence-corrected chi connectivity index (χ0v) is 11.6. The van der Waals surface area contributed by atoms with Gasteiger partial charge in [-0.25, -0.2) is 9.18 Å². The van der Waals surface area contributed by atoms with Gasteiger partial charge in [-0.05, 0) is 46.7 Å². The van der Waals surface area contributed by atoms with Gasteiger partial charge in [0, 0.05) is 5.39 Å². The van der Waals surface area contributed by atoms with Crippen LogP contribution in [-0.2, 0) is 11.2 Å². The first-order chi connectivity index (χ1) is 8.08. The molecule has 0 aliphatic carbocycles. The number of halogens is 2. The number of aromatic nitrogens is 1. The molecule has 1 aromatic carbocycles. The van der Waals surface area contributed by atoms with Crippen LogP contribution in [0.25, 0.3) is 10.9 Å². The molecule has 17 heavy (non-hydrogen) atoms. The zero-order chi connectivity index (χ0) is 12.6. The van der Waals surface area contributed by atoms with Gasteiger partial charge < -0.3 is 9.72 Å². The predicted molar refractivity (Wildman–Crippen MR) is 71.7 cm³/mol. The highest BCUT2D eigenvalue weighted by Gasteiger charge is 2.17. The molecule has 5 heteroatoms. The molecule has 0 spiro atoms. The fraction of sp³-hybridized carbons (Fsp3) is 0.250. The monoisotopic (exact) mass is 347 g/mol. The van der Waals surface area contributed by atoms with Crippen LogP contribution in [0.5, 0.6) is 0 Å². The molecule has 0 saturated heterocycles. The Hall–Kier alpha value is -1.11. The third kappa shape index (κ3) is 2.03. The summed E-state index contributed by atoms with van der Waals surface area (Å²) in [5.41, 5.74) is 1.63. The molecule has 0 bridgehead atoms. The van der Waals surface area contributed by atoms with Crippen molar-refractivity contribution in [3.63, 3.8) is 0 Å². The van der Waals surface area contributed by atoms with Gasteiger partial charge in [-0.3, -0.25) is 0 Å². The summed E-state index contributed by atoms with van der Waals surface area (Å²) < 4.78 is 19.0. The third-order valence-corrected chi connectivity index (χ3v) is 3.79.